The molecule has 2 heterocycles. The predicted molar refractivity (Wildman–Crippen MR) is 92.4 cm³/mol. The van der Waals surface area contributed by atoms with Crippen molar-refractivity contribution >= 4 is 0 Å². The Balaban J connectivity index is 2.07. The van der Waals surface area contributed by atoms with E-state index in [-0.39, 0.29) is 6.04 Å². The van der Waals surface area contributed by atoms with Gasteiger partial charge in [0.1, 0.15) is 6.04 Å². The number of rotatable bonds is 6. The minimum absolute atomic E-state index is 0.0210. The van der Waals surface area contributed by atoms with Crippen LogP contribution in [0, 0.1) is 0 Å². The van der Waals surface area contributed by atoms with Crippen LogP contribution in [0.1, 0.15) is 39.1 Å². The molecule has 1 atom stereocenters. The zero-order chi connectivity index (χ0) is 17.2. The van der Waals surface area contributed by atoms with Crippen LogP contribution >= 0.6 is 0 Å². The van der Waals surface area contributed by atoms with Gasteiger partial charge in [0.05, 0.1) is 12.1 Å². The normalized spacial score (nSPS) is 13.2. The van der Waals surface area contributed by atoms with Crippen LogP contribution in [0.25, 0.3) is 11.4 Å². The molecule has 0 saturated heterocycles. The highest BCUT2D eigenvalue weighted by atomic mass is 16.3. The summed E-state index contributed by atoms with van der Waals surface area (Å²) < 4.78 is 3.69. The molecule has 3 rings (SSSR count). The van der Waals surface area contributed by atoms with Crippen LogP contribution in [0.5, 0.6) is 0 Å². The lowest BCUT2D eigenvalue weighted by Crippen LogP contribution is -2.29. The van der Waals surface area contributed by atoms with Crippen molar-refractivity contribution in [3.8, 4) is 11.4 Å². The van der Waals surface area contributed by atoms with Gasteiger partial charge in [-0.3, -0.25) is 4.68 Å². The average Bonchev–Trinajstić information content (AvgIpc) is 3.19. The van der Waals surface area contributed by atoms with E-state index in [0.717, 1.165) is 17.8 Å². The van der Waals surface area contributed by atoms with Crippen LogP contribution < -0.4 is 0 Å². The SMILES string of the molecule is CCC(c1nc(-c2ccccc2)nn1CC(C)(C)O)n1cccn1. The molecule has 3 aromatic rings. The standard InChI is InChI=1S/C18H23N5O/c1-4-15(22-12-8-11-19-22)17-20-16(14-9-6-5-7-10-14)21-23(17)13-18(2,3)24/h5-12,15,24H,4,13H2,1-3H3. The highest BCUT2D eigenvalue weighted by molar-refractivity contribution is 5.54. The fourth-order valence-corrected chi connectivity index (χ4v) is 2.75. The van der Waals surface area contributed by atoms with Crippen molar-refractivity contribution < 1.29 is 5.11 Å². The van der Waals surface area contributed by atoms with E-state index in [1.54, 1.807) is 24.7 Å². The van der Waals surface area contributed by atoms with Crippen molar-refractivity contribution in [3.05, 3.63) is 54.6 Å². The Morgan fingerprint density at radius 2 is 1.92 bits per heavy atom. The maximum Gasteiger partial charge on any atom is 0.181 e. The molecule has 1 aromatic carbocycles. The molecule has 0 aliphatic heterocycles. The van der Waals surface area contributed by atoms with E-state index in [2.05, 4.69) is 17.1 Å². The second-order valence-electron chi connectivity index (χ2n) is 6.54. The second kappa shape index (κ2) is 6.57. The van der Waals surface area contributed by atoms with Gasteiger partial charge in [0, 0.05) is 18.0 Å². The number of hydrogen-bond donors (Lipinski definition) is 1. The van der Waals surface area contributed by atoms with Gasteiger partial charge in [-0.1, -0.05) is 37.3 Å². The Bertz CT molecular complexity index is 772. The van der Waals surface area contributed by atoms with Crippen molar-refractivity contribution in [1.82, 2.24) is 24.5 Å². The fraction of sp³-hybridized carbons (Fsp3) is 0.389. The van der Waals surface area contributed by atoms with Gasteiger partial charge in [-0.05, 0) is 26.3 Å². The van der Waals surface area contributed by atoms with E-state index in [1.807, 2.05) is 47.3 Å². The van der Waals surface area contributed by atoms with Gasteiger partial charge in [0.25, 0.3) is 0 Å². The first-order valence-electron chi connectivity index (χ1n) is 8.19. The lowest BCUT2D eigenvalue weighted by molar-refractivity contribution is 0.0560. The van der Waals surface area contributed by atoms with Crippen molar-refractivity contribution in [3.63, 3.8) is 0 Å². The molecule has 0 bridgehead atoms. The monoisotopic (exact) mass is 325 g/mol. The van der Waals surface area contributed by atoms with Gasteiger partial charge >= 0.3 is 0 Å². The summed E-state index contributed by atoms with van der Waals surface area (Å²) >= 11 is 0. The van der Waals surface area contributed by atoms with Crippen LogP contribution in [-0.4, -0.2) is 35.3 Å². The summed E-state index contributed by atoms with van der Waals surface area (Å²) in [6.07, 6.45) is 4.53. The van der Waals surface area contributed by atoms with Crippen molar-refractivity contribution in [1.29, 1.82) is 0 Å². The van der Waals surface area contributed by atoms with E-state index < -0.39 is 5.60 Å². The number of aliphatic hydroxyl groups is 1. The summed E-state index contributed by atoms with van der Waals surface area (Å²) in [7, 11) is 0. The summed E-state index contributed by atoms with van der Waals surface area (Å²) in [5, 5.41) is 19.3. The molecule has 0 aliphatic carbocycles. The third-order valence-electron chi connectivity index (χ3n) is 3.80. The molecule has 1 unspecified atom stereocenters. The largest absolute Gasteiger partial charge is 0.389 e. The summed E-state index contributed by atoms with van der Waals surface area (Å²) in [6, 6.07) is 11.8. The number of benzene rings is 1. The summed E-state index contributed by atoms with van der Waals surface area (Å²) in [6.45, 7) is 6.02. The molecule has 0 amide bonds. The smallest absolute Gasteiger partial charge is 0.181 e. The minimum Gasteiger partial charge on any atom is -0.389 e. The quantitative estimate of drug-likeness (QED) is 0.756. The lowest BCUT2D eigenvalue weighted by atomic mass is 10.1. The zero-order valence-corrected chi connectivity index (χ0v) is 14.3. The molecular weight excluding hydrogens is 302 g/mol. The molecule has 6 heteroatoms. The Morgan fingerprint density at radius 3 is 2.50 bits per heavy atom. The van der Waals surface area contributed by atoms with Gasteiger partial charge in [-0.15, -0.1) is 0 Å². The van der Waals surface area contributed by atoms with E-state index >= 15 is 0 Å². The number of aromatic nitrogens is 5. The maximum atomic E-state index is 10.2. The first-order valence-corrected chi connectivity index (χ1v) is 8.19. The first-order chi connectivity index (χ1) is 11.5. The summed E-state index contributed by atoms with van der Waals surface area (Å²) in [4.78, 5) is 4.77. The highest BCUT2D eigenvalue weighted by Crippen LogP contribution is 2.24. The molecule has 0 aliphatic rings. The first kappa shape index (κ1) is 16.4. The van der Waals surface area contributed by atoms with E-state index in [9.17, 15) is 5.11 Å². The van der Waals surface area contributed by atoms with E-state index in [4.69, 9.17) is 4.98 Å². The van der Waals surface area contributed by atoms with Gasteiger partial charge in [0.15, 0.2) is 11.6 Å². The van der Waals surface area contributed by atoms with Crippen LogP contribution in [0.3, 0.4) is 0 Å². The average molecular weight is 325 g/mol. The van der Waals surface area contributed by atoms with Gasteiger partial charge in [-0.25, -0.2) is 9.67 Å². The maximum absolute atomic E-state index is 10.2. The molecule has 24 heavy (non-hydrogen) atoms. The molecule has 0 radical (unpaired) electrons. The highest BCUT2D eigenvalue weighted by Gasteiger charge is 2.25. The zero-order valence-electron chi connectivity index (χ0n) is 14.3. The van der Waals surface area contributed by atoms with Crippen LogP contribution in [0.15, 0.2) is 48.8 Å². The molecule has 6 nitrogen and oxygen atoms in total. The number of hydrogen-bond acceptors (Lipinski definition) is 4. The minimum atomic E-state index is -0.876. The summed E-state index contributed by atoms with van der Waals surface area (Å²) in [5.74, 6) is 1.47. The Hall–Kier alpha value is -2.47. The van der Waals surface area contributed by atoms with Crippen LogP contribution in [0.2, 0.25) is 0 Å². The topological polar surface area (TPSA) is 68.8 Å². The Morgan fingerprint density at radius 1 is 1.17 bits per heavy atom. The van der Waals surface area contributed by atoms with Crippen molar-refractivity contribution in [2.75, 3.05) is 0 Å². The fourth-order valence-electron chi connectivity index (χ4n) is 2.75. The van der Waals surface area contributed by atoms with Gasteiger partial charge in [0.2, 0.25) is 0 Å². The lowest BCUT2D eigenvalue weighted by Gasteiger charge is -2.21. The van der Waals surface area contributed by atoms with E-state index in [0.29, 0.717) is 12.4 Å². The molecule has 0 saturated carbocycles. The van der Waals surface area contributed by atoms with E-state index in [1.165, 1.54) is 0 Å². The molecule has 126 valence electrons. The third kappa shape index (κ3) is 3.54. The molecule has 0 spiro atoms. The molecular formula is C18H23N5O. The van der Waals surface area contributed by atoms with Crippen molar-refractivity contribution in [2.24, 2.45) is 0 Å². The second-order valence-corrected chi connectivity index (χ2v) is 6.54. The number of nitrogens with zero attached hydrogens (tertiary/aromatic N) is 5. The predicted octanol–water partition coefficient (Wildman–Crippen LogP) is 2.91. The summed E-state index contributed by atoms with van der Waals surface area (Å²) in [5.41, 5.74) is 0.0855. The van der Waals surface area contributed by atoms with Crippen LogP contribution in [-0.2, 0) is 6.54 Å². The van der Waals surface area contributed by atoms with Crippen molar-refractivity contribution in [2.45, 2.75) is 45.4 Å². The molecule has 1 N–H and O–H groups in total. The molecule has 2 aromatic heterocycles. The van der Waals surface area contributed by atoms with Gasteiger partial charge < -0.3 is 5.11 Å². The third-order valence-corrected chi connectivity index (χ3v) is 3.80. The molecule has 0 fully saturated rings. The Labute approximate surface area is 141 Å². The Kier molecular flexibility index (Phi) is 4.49. The van der Waals surface area contributed by atoms with Crippen LogP contribution in [0.4, 0.5) is 0 Å². The van der Waals surface area contributed by atoms with Gasteiger partial charge in [-0.2, -0.15) is 10.2 Å².